The van der Waals surface area contributed by atoms with Gasteiger partial charge >= 0.3 is 0 Å². The van der Waals surface area contributed by atoms with Crippen molar-refractivity contribution in [2.75, 3.05) is 0 Å². The lowest BCUT2D eigenvalue weighted by Gasteiger charge is -2.00. The van der Waals surface area contributed by atoms with E-state index in [1.165, 1.54) is 4.70 Å². The quantitative estimate of drug-likeness (QED) is 0.785. The highest BCUT2D eigenvalue weighted by Crippen LogP contribution is 2.34. The number of aromatic nitrogens is 1. The fraction of sp³-hybridized carbons (Fsp3) is 0.214. The molecule has 0 saturated carbocycles. The highest BCUT2D eigenvalue weighted by molar-refractivity contribution is 7.19. The molecule has 0 fully saturated rings. The Hall–Kier alpha value is -1.36. The Labute approximate surface area is 120 Å². The molecule has 0 radical (unpaired) electrons. The van der Waals surface area contributed by atoms with Gasteiger partial charge in [-0.1, -0.05) is 29.8 Å². The molecule has 1 N–H and O–H groups in total. The largest absolute Gasteiger partial charge is 0.445 e. The van der Waals surface area contributed by atoms with E-state index in [-0.39, 0.29) is 0 Å². The van der Waals surface area contributed by atoms with Crippen LogP contribution in [0.15, 0.2) is 34.9 Å². The first-order valence-corrected chi connectivity index (χ1v) is 7.21. The third-order valence-corrected chi connectivity index (χ3v) is 4.55. The number of halogens is 1. The van der Waals surface area contributed by atoms with Crippen LogP contribution < -0.4 is 5.32 Å². The van der Waals surface area contributed by atoms with Crippen molar-refractivity contribution in [2.24, 2.45) is 0 Å². The van der Waals surface area contributed by atoms with Crippen LogP contribution in [0.25, 0.3) is 10.1 Å². The van der Waals surface area contributed by atoms with Gasteiger partial charge in [0, 0.05) is 21.5 Å². The smallest absolute Gasteiger partial charge is 0.208 e. The molecule has 98 valence electrons. The van der Waals surface area contributed by atoms with Crippen LogP contribution in [0, 0.1) is 6.92 Å². The maximum atomic E-state index is 6.37. The van der Waals surface area contributed by atoms with Gasteiger partial charge in [0.05, 0.1) is 17.8 Å². The Bertz CT molecular complexity index is 704. The first-order chi connectivity index (χ1) is 9.24. The van der Waals surface area contributed by atoms with Crippen molar-refractivity contribution in [3.05, 3.63) is 52.0 Å². The number of benzene rings is 1. The van der Waals surface area contributed by atoms with E-state index >= 15 is 0 Å². The molecular formula is C14H13ClN2OS. The van der Waals surface area contributed by atoms with Crippen molar-refractivity contribution in [1.82, 2.24) is 10.3 Å². The van der Waals surface area contributed by atoms with Crippen LogP contribution in [-0.2, 0) is 13.1 Å². The Morgan fingerprint density at radius 1 is 1.32 bits per heavy atom. The average Bonchev–Trinajstić information content (AvgIpc) is 2.96. The van der Waals surface area contributed by atoms with E-state index in [0.717, 1.165) is 27.6 Å². The van der Waals surface area contributed by atoms with Crippen molar-refractivity contribution in [2.45, 2.75) is 20.0 Å². The molecule has 5 heteroatoms. The lowest BCUT2D eigenvalue weighted by Crippen LogP contribution is -2.12. The molecule has 3 nitrogen and oxygen atoms in total. The molecule has 0 saturated heterocycles. The molecule has 1 aromatic carbocycles. The maximum absolute atomic E-state index is 6.37. The molecule has 0 unspecified atom stereocenters. The molecule has 0 amide bonds. The number of thiophene rings is 1. The molecule has 0 bridgehead atoms. The van der Waals surface area contributed by atoms with E-state index in [1.807, 2.05) is 19.1 Å². The zero-order chi connectivity index (χ0) is 13.2. The second-order valence-corrected chi connectivity index (χ2v) is 5.82. The molecule has 19 heavy (non-hydrogen) atoms. The van der Waals surface area contributed by atoms with E-state index in [4.69, 9.17) is 16.0 Å². The molecule has 2 aromatic heterocycles. The average molecular weight is 293 g/mol. The predicted octanol–water partition coefficient (Wildman–Crippen LogP) is 4.14. The fourth-order valence-corrected chi connectivity index (χ4v) is 3.41. The number of hydrogen-bond donors (Lipinski definition) is 1. The summed E-state index contributed by atoms with van der Waals surface area (Å²) in [6.07, 6.45) is 1.73. The zero-order valence-electron chi connectivity index (χ0n) is 10.4. The van der Waals surface area contributed by atoms with Crippen molar-refractivity contribution in [3.8, 4) is 0 Å². The minimum atomic E-state index is 0.610. The summed E-state index contributed by atoms with van der Waals surface area (Å²) < 4.78 is 6.63. The summed E-state index contributed by atoms with van der Waals surface area (Å²) in [5.74, 6) is 1.53. The minimum Gasteiger partial charge on any atom is -0.445 e. The monoisotopic (exact) mass is 292 g/mol. The van der Waals surface area contributed by atoms with Gasteiger partial charge in [-0.2, -0.15) is 0 Å². The first kappa shape index (κ1) is 12.7. The third kappa shape index (κ3) is 2.66. The fourth-order valence-electron chi connectivity index (χ4n) is 1.94. The second kappa shape index (κ2) is 5.33. The molecule has 0 spiro atoms. The number of aryl methyl sites for hydroxylation is 1. The number of oxazole rings is 1. The number of fused-ring (bicyclic) bond motifs is 1. The normalized spacial score (nSPS) is 11.3. The molecule has 0 aliphatic heterocycles. The summed E-state index contributed by atoms with van der Waals surface area (Å²) in [5.41, 5.74) is 0. The highest BCUT2D eigenvalue weighted by atomic mass is 35.5. The summed E-state index contributed by atoms with van der Waals surface area (Å²) in [7, 11) is 0. The molecule has 0 aliphatic carbocycles. The lowest BCUT2D eigenvalue weighted by molar-refractivity contribution is 0.449. The first-order valence-electron chi connectivity index (χ1n) is 6.02. The van der Waals surface area contributed by atoms with Gasteiger partial charge in [0.2, 0.25) is 5.89 Å². The van der Waals surface area contributed by atoms with E-state index in [1.54, 1.807) is 17.5 Å². The van der Waals surface area contributed by atoms with Gasteiger partial charge in [-0.05, 0) is 13.0 Å². The van der Waals surface area contributed by atoms with Gasteiger partial charge in [0.15, 0.2) is 0 Å². The SMILES string of the molecule is Cc1cnc(CNCc2sc3ccccc3c2Cl)o1. The van der Waals surface area contributed by atoms with Crippen LogP contribution in [0.5, 0.6) is 0 Å². The van der Waals surface area contributed by atoms with Gasteiger partial charge in [0.1, 0.15) is 5.76 Å². The van der Waals surface area contributed by atoms with Crippen molar-refractivity contribution >= 4 is 33.0 Å². The molecule has 0 aliphatic rings. The van der Waals surface area contributed by atoms with Crippen molar-refractivity contribution in [3.63, 3.8) is 0 Å². The number of rotatable bonds is 4. The van der Waals surface area contributed by atoms with Gasteiger partial charge in [-0.15, -0.1) is 11.3 Å². The Morgan fingerprint density at radius 3 is 2.89 bits per heavy atom. The van der Waals surface area contributed by atoms with Crippen LogP contribution in [0.2, 0.25) is 5.02 Å². The van der Waals surface area contributed by atoms with Gasteiger partial charge in [0.25, 0.3) is 0 Å². The molecular weight excluding hydrogens is 280 g/mol. The third-order valence-electron chi connectivity index (χ3n) is 2.83. The van der Waals surface area contributed by atoms with Crippen LogP contribution in [0.3, 0.4) is 0 Å². The van der Waals surface area contributed by atoms with E-state index in [0.29, 0.717) is 12.4 Å². The second-order valence-electron chi connectivity index (χ2n) is 4.30. The highest BCUT2D eigenvalue weighted by Gasteiger charge is 2.09. The van der Waals surface area contributed by atoms with Crippen LogP contribution >= 0.6 is 22.9 Å². The Balaban J connectivity index is 1.70. The predicted molar refractivity (Wildman–Crippen MR) is 78.6 cm³/mol. The Morgan fingerprint density at radius 2 is 2.16 bits per heavy atom. The topological polar surface area (TPSA) is 38.1 Å². The van der Waals surface area contributed by atoms with E-state index < -0.39 is 0 Å². The zero-order valence-corrected chi connectivity index (χ0v) is 12.0. The summed E-state index contributed by atoms with van der Waals surface area (Å²) in [6.45, 7) is 3.22. The molecule has 3 rings (SSSR count). The van der Waals surface area contributed by atoms with E-state index in [9.17, 15) is 0 Å². The standard InChI is InChI=1S/C14H13ClN2OS/c1-9-6-17-13(18-9)8-16-7-12-14(15)10-4-2-3-5-11(10)19-12/h2-6,16H,7-8H2,1H3. The molecule has 0 atom stereocenters. The minimum absolute atomic E-state index is 0.610. The summed E-state index contributed by atoms with van der Waals surface area (Å²) >= 11 is 8.09. The lowest BCUT2D eigenvalue weighted by atomic mass is 10.2. The van der Waals surface area contributed by atoms with Crippen molar-refractivity contribution < 1.29 is 4.42 Å². The van der Waals surface area contributed by atoms with Crippen LogP contribution in [-0.4, -0.2) is 4.98 Å². The number of nitrogens with zero attached hydrogens (tertiary/aromatic N) is 1. The molecule has 3 aromatic rings. The van der Waals surface area contributed by atoms with Crippen molar-refractivity contribution in [1.29, 1.82) is 0 Å². The molecule has 2 heterocycles. The maximum Gasteiger partial charge on any atom is 0.208 e. The van der Waals surface area contributed by atoms with Gasteiger partial charge < -0.3 is 9.73 Å². The summed E-state index contributed by atoms with van der Waals surface area (Å²) in [5, 5.41) is 5.27. The van der Waals surface area contributed by atoms with Gasteiger partial charge in [-0.3, -0.25) is 0 Å². The summed E-state index contributed by atoms with van der Waals surface area (Å²) in [6, 6.07) is 8.18. The Kier molecular flexibility index (Phi) is 3.55. The van der Waals surface area contributed by atoms with Gasteiger partial charge in [-0.25, -0.2) is 4.98 Å². The number of nitrogens with one attached hydrogen (secondary N) is 1. The van der Waals surface area contributed by atoms with Crippen LogP contribution in [0.4, 0.5) is 0 Å². The van der Waals surface area contributed by atoms with Crippen LogP contribution in [0.1, 0.15) is 16.5 Å². The number of hydrogen-bond acceptors (Lipinski definition) is 4. The van der Waals surface area contributed by atoms with E-state index in [2.05, 4.69) is 22.4 Å². The summed E-state index contributed by atoms with van der Waals surface area (Å²) in [4.78, 5) is 5.30.